The maximum atomic E-state index is 10.1. The van der Waals surface area contributed by atoms with Crippen molar-refractivity contribution in [2.45, 2.75) is 20.8 Å². The highest BCUT2D eigenvalue weighted by Crippen LogP contribution is 2.04. The summed E-state index contributed by atoms with van der Waals surface area (Å²) in [7, 11) is 0. The first kappa shape index (κ1) is 12.2. The summed E-state index contributed by atoms with van der Waals surface area (Å²) in [6, 6.07) is 0. The van der Waals surface area contributed by atoms with Crippen LogP contribution >= 0.6 is 0 Å². The SMILES string of the molecule is CC[N+](CC)(CC)CCOC(=O)O. The van der Waals surface area contributed by atoms with Crippen LogP contribution in [0, 0.1) is 0 Å². The van der Waals surface area contributed by atoms with E-state index in [-0.39, 0.29) is 0 Å². The molecule has 0 heterocycles. The van der Waals surface area contributed by atoms with Gasteiger partial charge in [-0.15, -0.1) is 0 Å². The van der Waals surface area contributed by atoms with Crippen molar-refractivity contribution in [1.82, 2.24) is 0 Å². The molecule has 0 aromatic rings. The predicted molar refractivity (Wildman–Crippen MR) is 50.7 cm³/mol. The minimum atomic E-state index is -1.18. The topological polar surface area (TPSA) is 46.5 Å². The third-order valence-corrected chi connectivity index (χ3v) is 2.80. The lowest BCUT2D eigenvalue weighted by atomic mass is 10.3. The van der Waals surface area contributed by atoms with Gasteiger partial charge in [-0.25, -0.2) is 4.79 Å². The van der Waals surface area contributed by atoms with Crippen molar-refractivity contribution in [2.75, 3.05) is 32.8 Å². The van der Waals surface area contributed by atoms with Crippen LogP contribution in [-0.4, -0.2) is 48.5 Å². The van der Waals surface area contributed by atoms with Gasteiger partial charge in [0.1, 0.15) is 13.2 Å². The average Bonchev–Trinajstić information content (AvgIpc) is 2.13. The standard InChI is InChI=1S/C9H19NO3/c1-4-10(5-2,6-3)7-8-13-9(11)12/h4-8H2,1-3H3/p+1. The van der Waals surface area contributed by atoms with Crippen molar-refractivity contribution >= 4 is 6.16 Å². The number of hydrogen-bond donors (Lipinski definition) is 1. The van der Waals surface area contributed by atoms with Gasteiger partial charge in [-0.3, -0.25) is 0 Å². The number of ether oxygens (including phenoxy) is 1. The third-order valence-electron chi connectivity index (χ3n) is 2.80. The van der Waals surface area contributed by atoms with Crippen LogP contribution in [0.1, 0.15) is 20.8 Å². The molecule has 0 aliphatic rings. The lowest BCUT2D eigenvalue weighted by molar-refractivity contribution is -0.923. The summed E-state index contributed by atoms with van der Waals surface area (Å²) >= 11 is 0. The van der Waals surface area contributed by atoms with E-state index in [1.165, 1.54) is 0 Å². The molecule has 0 spiro atoms. The van der Waals surface area contributed by atoms with Gasteiger partial charge in [0.05, 0.1) is 19.6 Å². The molecule has 1 N–H and O–H groups in total. The van der Waals surface area contributed by atoms with E-state index in [9.17, 15) is 4.79 Å². The van der Waals surface area contributed by atoms with E-state index in [2.05, 4.69) is 25.5 Å². The maximum Gasteiger partial charge on any atom is 0.505 e. The smallest absolute Gasteiger partial charge is 0.450 e. The Labute approximate surface area is 79.7 Å². The Kier molecular flexibility index (Phi) is 5.46. The van der Waals surface area contributed by atoms with Gasteiger partial charge < -0.3 is 14.3 Å². The van der Waals surface area contributed by atoms with Crippen LogP contribution in [0.25, 0.3) is 0 Å². The maximum absolute atomic E-state index is 10.1. The molecule has 0 aromatic carbocycles. The summed E-state index contributed by atoms with van der Waals surface area (Å²) in [6.07, 6.45) is -1.18. The quantitative estimate of drug-likeness (QED) is 0.510. The van der Waals surface area contributed by atoms with Gasteiger partial charge in [-0.2, -0.15) is 0 Å². The molecule has 4 nitrogen and oxygen atoms in total. The lowest BCUT2D eigenvalue weighted by Gasteiger charge is -2.35. The second kappa shape index (κ2) is 5.80. The second-order valence-corrected chi connectivity index (χ2v) is 3.13. The molecule has 0 unspecified atom stereocenters. The Morgan fingerprint density at radius 3 is 2.00 bits per heavy atom. The highest BCUT2D eigenvalue weighted by atomic mass is 16.7. The lowest BCUT2D eigenvalue weighted by Crippen LogP contribution is -2.49. The molecule has 0 atom stereocenters. The Morgan fingerprint density at radius 2 is 1.69 bits per heavy atom. The number of nitrogens with zero attached hydrogens (tertiary/aromatic N) is 1. The second-order valence-electron chi connectivity index (χ2n) is 3.13. The van der Waals surface area contributed by atoms with Crippen LogP contribution in [0.3, 0.4) is 0 Å². The Bertz CT molecular complexity index is 147. The van der Waals surface area contributed by atoms with Crippen molar-refractivity contribution in [3.8, 4) is 0 Å². The van der Waals surface area contributed by atoms with Crippen LogP contribution in [0.2, 0.25) is 0 Å². The van der Waals surface area contributed by atoms with Crippen molar-refractivity contribution in [1.29, 1.82) is 0 Å². The van der Waals surface area contributed by atoms with Crippen molar-refractivity contribution in [2.24, 2.45) is 0 Å². The fraction of sp³-hybridized carbons (Fsp3) is 0.889. The van der Waals surface area contributed by atoms with Gasteiger partial charge in [-0.1, -0.05) is 0 Å². The average molecular weight is 190 g/mol. The zero-order chi connectivity index (χ0) is 10.3. The molecule has 0 aliphatic heterocycles. The summed E-state index contributed by atoms with van der Waals surface area (Å²) < 4.78 is 5.43. The number of carbonyl (C=O) groups is 1. The summed E-state index contributed by atoms with van der Waals surface area (Å²) in [5.74, 6) is 0. The first-order valence-corrected chi connectivity index (χ1v) is 4.81. The van der Waals surface area contributed by atoms with Crippen molar-refractivity contribution < 1.29 is 19.1 Å². The monoisotopic (exact) mass is 190 g/mol. The van der Waals surface area contributed by atoms with Gasteiger partial charge in [-0.05, 0) is 20.8 Å². The first-order valence-electron chi connectivity index (χ1n) is 4.81. The molecule has 0 rings (SSSR count). The van der Waals surface area contributed by atoms with Crippen molar-refractivity contribution in [3.05, 3.63) is 0 Å². The van der Waals surface area contributed by atoms with Crippen LogP contribution in [0.15, 0.2) is 0 Å². The Hall–Kier alpha value is -0.770. The molecule has 78 valence electrons. The Balaban J connectivity index is 3.88. The van der Waals surface area contributed by atoms with Crippen molar-refractivity contribution in [3.63, 3.8) is 0 Å². The van der Waals surface area contributed by atoms with Gasteiger partial charge in [0.25, 0.3) is 0 Å². The zero-order valence-corrected chi connectivity index (χ0v) is 8.75. The largest absolute Gasteiger partial charge is 0.505 e. The molecule has 0 aliphatic carbocycles. The molecule has 0 radical (unpaired) electrons. The van der Waals surface area contributed by atoms with Crippen LogP contribution in [0.5, 0.6) is 0 Å². The zero-order valence-electron chi connectivity index (χ0n) is 8.75. The minimum absolute atomic E-state index is 0.296. The summed E-state index contributed by atoms with van der Waals surface area (Å²) in [6.45, 7) is 10.5. The van der Waals surface area contributed by atoms with Crippen LogP contribution in [-0.2, 0) is 4.74 Å². The van der Waals surface area contributed by atoms with Gasteiger partial charge in [0.15, 0.2) is 0 Å². The summed E-state index contributed by atoms with van der Waals surface area (Å²) in [5, 5.41) is 8.30. The molecule has 0 fully saturated rings. The van der Waals surface area contributed by atoms with E-state index in [4.69, 9.17) is 5.11 Å². The van der Waals surface area contributed by atoms with E-state index >= 15 is 0 Å². The van der Waals surface area contributed by atoms with E-state index < -0.39 is 6.16 Å². The van der Waals surface area contributed by atoms with E-state index in [1.807, 2.05) is 0 Å². The van der Waals surface area contributed by atoms with Crippen LogP contribution < -0.4 is 0 Å². The molecular formula is C9H20NO3+. The van der Waals surface area contributed by atoms with Crippen LogP contribution in [0.4, 0.5) is 4.79 Å². The third kappa shape index (κ3) is 4.12. The fourth-order valence-electron chi connectivity index (χ4n) is 1.47. The normalized spacial score (nSPS) is 11.3. The highest BCUT2D eigenvalue weighted by molar-refractivity contribution is 5.56. The number of likely N-dealkylation sites (N-methyl/N-ethyl adjacent to an activating group) is 1. The van der Waals surface area contributed by atoms with E-state index in [0.717, 1.165) is 30.7 Å². The first-order chi connectivity index (χ1) is 6.10. The molecule has 0 saturated carbocycles. The van der Waals surface area contributed by atoms with Gasteiger partial charge in [0.2, 0.25) is 0 Å². The number of carboxylic acid groups (broad SMARTS) is 1. The highest BCUT2D eigenvalue weighted by Gasteiger charge is 2.20. The number of hydrogen-bond acceptors (Lipinski definition) is 2. The van der Waals surface area contributed by atoms with E-state index in [0.29, 0.717) is 6.61 Å². The molecule has 0 aromatic heterocycles. The molecule has 0 bridgehead atoms. The number of rotatable bonds is 6. The molecule has 13 heavy (non-hydrogen) atoms. The van der Waals surface area contributed by atoms with E-state index in [1.54, 1.807) is 0 Å². The molecule has 4 heteroatoms. The fourth-order valence-corrected chi connectivity index (χ4v) is 1.47. The van der Waals surface area contributed by atoms with Gasteiger partial charge in [0, 0.05) is 0 Å². The predicted octanol–water partition coefficient (Wildman–Crippen LogP) is 1.56. The summed E-state index contributed by atoms with van der Waals surface area (Å²) in [5.41, 5.74) is 0. The molecule has 0 amide bonds. The summed E-state index contributed by atoms with van der Waals surface area (Å²) in [4.78, 5) is 10.1. The Morgan fingerprint density at radius 1 is 1.23 bits per heavy atom. The minimum Gasteiger partial charge on any atom is -0.450 e. The number of quaternary nitrogens is 1. The molecular weight excluding hydrogens is 170 g/mol. The molecule has 0 saturated heterocycles. The van der Waals surface area contributed by atoms with Gasteiger partial charge >= 0.3 is 6.16 Å².